The maximum absolute atomic E-state index is 4.53. The van der Waals surface area contributed by atoms with Crippen molar-refractivity contribution < 1.29 is 0 Å². The van der Waals surface area contributed by atoms with E-state index in [0.717, 1.165) is 63.3 Å². The van der Waals surface area contributed by atoms with Gasteiger partial charge in [-0.3, -0.25) is 4.90 Å². The zero-order valence-electron chi connectivity index (χ0n) is 15.0. The van der Waals surface area contributed by atoms with E-state index in [9.17, 15) is 0 Å². The lowest BCUT2D eigenvalue weighted by molar-refractivity contribution is 0.241. The lowest BCUT2D eigenvalue weighted by Crippen LogP contribution is -2.46. The highest BCUT2D eigenvalue weighted by Crippen LogP contribution is 2.22. The third-order valence-corrected chi connectivity index (χ3v) is 5.30. The first kappa shape index (κ1) is 16.3. The first-order valence-corrected chi connectivity index (χ1v) is 9.30. The summed E-state index contributed by atoms with van der Waals surface area (Å²) in [7, 11) is 2.06. The van der Waals surface area contributed by atoms with Gasteiger partial charge in [-0.25, -0.2) is 15.0 Å². The van der Waals surface area contributed by atoms with Crippen molar-refractivity contribution in [1.29, 1.82) is 0 Å². The van der Waals surface area contributed by atoms with E-state index >= 15 is 0 Å². The predicted molar refractivity (Wildman–Crippen MR) is 98.8 cm³/mol. The summed E-state index contributed by atoms with van der Waals surface area (Å²) in [6.45, 7) is 7.23. The first-order valence-electron chi connectivity index (χ1n) is 9.30. The number of piperazine rings is 1. The van der Waals surface area contributed by atoms with Gasteiger partial charge in [0.25, 0.3) is 0 Å². The summed E-state index contributed by atoms with van der Waals surface area (Å²) in [6.07, 6.45) is 9.48. The highest BCUT2D eigenvalue weighted by molar-refractivity contribution is 5.50. The molecule has 0 aromatic carbocycles. The van der Waals surface area contributed by atoms with E-state index in [4.69, 9.17) is 0 Å². The molecule has 2 fully saturated rings. The summed E-state index contributed by atoms with van der Waals surface area (Å²) in [5.74, 6) is 3.27. The van der Waals surface area contributed by atoms with Crippen LogP contribution in [0.5, 0.6) is 0 Å². The molecule has 25 heavy (non-hydrogen) atoms. The molecule has 0 aliphatic carbocycles. The quantitative estimate of drug-likeness (QED) is 0.840. The summed E-state index contributed by atoms with van der Waals surface area (Å²) in [6, 6.07) is 2.17. The Bertz CT molecular complexity index is 684. The molecule has 2 aromatic heterocycles. The van der Waals surface area contributed by atoms with Gasteiger partial charge in [0, 0.05) is 64.8 Å². The molecule has 0 N–H and O–H groups in total. The fraction of sp³-hybridized carbons (Fsp3) is 0.611. The number of hydrogen-bond acceptors (Lipinski definition) is 6. The van der Waals surface area contributed by atoms with Gasteiger partial charge in [-0.2, -0.15) is 0 Å². The van der Waals surface area contributed by atoms with Gasteiger partial charge in [0.2, 0.25) is 0 Å². The van der Waals surface area contributed by atoms with E-state index in [1.807, 2.05) is 12.4 Å². The first-order chi connectivity index (χ1) is 12.3. The molecule has 2 aliphatic heterocycles. The van der Waals surface area contributed by atoms with E-state index < -0.39 is 0 Å². The second kappa shape index (κ2) is 7.39. The van der Waals surface area contributed by atoms with Crippen LogP contribution in [0.4, 0.5) is 11.6 Å². The topological polar surface area (TPSA) is 53.3 Å². The highest BCUT2D eigenvalue weighted by Gasteiger charge is 2.20. The molecule has 2 saturated heterocycles. The number of aryl methyl sites for hydroxylation is 1. The van der Waals surface area contributed by atoms with Crippen molar-refractivity contribution in [2.24, 2.45) is 7.05 Å². The van der Waals surface area contributed by atoms with Gasteiger partial charge in [0.05, 0.1) is 6.54 Å². The lowest BCUT2D eigenvalue weighted by atomic mass is 10.1. The largest absolute Gasteiger partial charge is 0.356 e. The van der Waals surface area contributed by atoms with Crippen LogP contribution in [0.2, 0.25) is 0 Å². The molecule has 4 rings (SSSR count). The molecule has 0 spiro atoms. The summed E-state index contributed by atoms with van der Waals surface area (Å²) >= 11 is 0. The Morgan fingerprint density at radius 1 is 0.840 bits per heavy atom. The second-order valence-electron chi connectivity index (χ2n) is 7.00. The normalized spacial score (nSPS) is 19.4. The fourth-order valence-corrected chi connectivity index (χ4v) is 3.69. The highest BCUT2D eigenvalue weighted by atomic mass is 15.3. The Labute approximate surface area is 149 Å². The van der Waals surface area contributed by atoms with E-state index in [1.165, 1.54) is 19.3 Å². The molecule has 7 nitrogen and oxygen atoms in total. The number of anilines is 2. The fourth-order valence-electron chi connectivity index (χ4n) is 3.69. The van der Waals surface area contributed by atoms with E-state index in [-0.39, 0.29) is 0 Å². The Morgan fingerprint density at radius 3 is 2.16 bits per heavy atom. The summed E-state index contributed by atoms with van der Waals surface area (Å²) < 4.78 is 2.10. The van der Waals surface area contributed by atoms with Gasteiger partial charge >= 0.3 is 0 Å². The molecule has 2 aromatic rings. The van der Waals surface area contributed by atoms with E-state index in [0.29, 0.717) is 0 Å². The molecule has 4 heterocycles. The number of imidazole rings is 1. The zero-order chi connectivity index (χ0) is 17.1. The van der Waals surface area contributed by atoms with Crippen LogP contribution in [-0.4, -0.2) is 63.7 Å². The van der Waals surface area contributed by atoms with Crippen molar-refractivity contribution in [2.75, 3.05) is 49.1 Å². The SMILES string of the molecule is Cn1ccnc1CN1CCN(c2cc(N3CCCCC3)ncn2)CC1. The molecule has 0 bridgehead atoms. The van der Waals surface area contributed by atoms with Gasteiger partial charge in [0.1, 0.15) is 23.8 Å². The van der Waals surface area contributed by atoms with Gasteiger partial charge in [-0.15, -0.1) is 0 Å². The number of piperidine rings is 1. The molecule has 0 saturated carbocycles. The molecular weight excluding hydrogens is 314 g/mol. The maximum Gasteiger partial charge on any atom is 0.134 e. The van der Waals surface area contributed by atoms with E-state index in [1.54, 1.807) is 6.33 Å². The van der Waals surface area contributed by atoms with Crippen molar-refractivity contribution in [3.63, 3.8) is 0 Å². The third-order valence-electron chi connectivity index (χ3n) is 5.30. The summed E-state index contributed by atoms with van der Waals surface area (Å²) in [5, 5.41) is 0. The number of nitrogens with zero attached hydrogens (tertiary/aromatic N) is 7. The third kappa shape index (κ3) is 3.76. The van der Waals surface area contributed by atoms with Crippen LogP contribution in [-0.2, 0) is 13.6 Å². The smallest absolute Gasteiger partial charge is 0.134 e. The predicted octanol–water partition coefficient (Wildman–Crippen LogP) is 1.52. The maximum atomic E-state index is 4.53. The Balaban J connectivity index is 1.36. The van der Waals surface area contributed by atoms with Crippen LogP contribution in [0, 0.1) is 0 Å². The average molecular weight is 341 g/mol. The summed E-state index contributed by atoms with van der Waals surface area (Å²) in [5.41, 5.74) is 0. The van der Waals surface area contributed by atoms with Crippen molar-refractivity contribution in [2.45, 2.75) is 25.8 Å². The van der Waals surface area contributed by atoms with Gasteiger partial charge in [0.15, 0.2) is 0 Å². The summed E-state index contributed by atoms with van der Waals surface area (Å²) in [4.78, 5) is 20.7. The molecule has 134 valence electrons. The molecule has 7 heteroatoms. The van der Waals surface area contributed by atoms with E-state index in [2.05, 4.69) is 47.3 Å². The average Bonchev–Trinajstić information content (AvgIpc) is 3.08. The molecule has 0 amide bonds. The molecule has 0 unspecified atom stereocenters. The number of rotatable bonds is 4. The molecule has 0 atom stereocenters. The molecular formula is C18H27N7. The number of aromatic nitrogens is 4. The Morgan fingerprint density at radius 2 is 1.52 bits per heavy atom. The number of hydrogen-bond donors (Lipinski definition) is 0. The minimum Gasteiger partial charge on any atom is -0.356 e. The zero-order valence-corrected chi connectivity index (χ0v) is 15.0. The van der Waals surface area contributed by atoms with Crippen LogP contribution < -0.4 is 9.80 Å². The van der Waals surface area contributed by atoms with Crippen molar-refractivity contribution in [1.82, 2.24) is 24.4 Å². The lowest BCUT2D eigenvalue weighted by Gasteiger charge is -2.35. The van der Waals surface area contributed by atoms with Crippen LogP contribution in [0.15, 0.2) is 24.8 Å². The standard InChI is InChI=1S/C18H27N7/c1-22-8-5-19-18(22)14-23-9-11-25(12-10-23)17-13-16(20-15-21-17)24-6-3-2-4-7-24/h5,8,13,15H,2-4,6-7,9-12,14H2,1H3. The molecule has 0 radical (unpaired) electrons. The Hall–Kier alpha value is -2.15. The minimum absolute atomic E-state index is 0.917. The van der Waals surface area contributed by atoms with Crippen LogP contribution in [0.3, 0.4) is 0 Å². The van der Waals surface area contributed by atoms with Gasteiger partial charge < -0.3 is 14.4 Å². The van der Waals surface area contributed by atoms with Crippen molar-refractivity contribution >= 4 is 11.6 Å². The van der Waals surface area contributed by atoms with Crippen LogP contribution in [0.25, 0.3) is 0 Å². The van der Waals surface area contributed by atoms with Gasteiger partial charge in [-0.1, -0.05) is 0 Å². The minimum atomic E-state index is 0.917. The van der Waals surface area contributed by atoms with Crippen molar-refractivity contribution in [3.8, 4) is 0 Å². The second-order valence-corrected chi connectivity index (χ2v) is 7.00. The van der Waals surface area contributed by atoms with Crippen molar-refractivity contribution in [3.05, 3.63) is 30.6 Å². The van der Waals surface area contributed by atoms with Gasteiger partial charge in [-0.05, 0) is 19.3 Å². The monoisotopic (exact) mass is 341 g/mol. The van der Waals surface area contributed by atoms with Crippen LogP contribution >= 0.6 is 0 Å². The van der Waals surface area contributed by atoms with Crippen LogP contribution in [0.1, 0.15) is 25.1 Å². The molecule has 2 aliphatic rings. The Kier molecular flexibility index (Phi) is 4.83.